The first-order valence-corrected chi connectivity index (χ1v) is 6.35. The van der Waals surface area contributed by atoms with Crippen molar-refractivity contribution in [3.05, 3.63) is 58.4 Å². The first-order chi connectivity index (χ1) is 10.2. The fourth-order valence-corrected chi connectivity index (χ4v) is 2.17. The summed E-state index contributed by atoms with van der Waals surface area (Å²) in [5.74, 6) is -2.01. The van der Waals surface area contributed by atoms with Crippen LogP contribution in [0.5, 0.6) is 11.5 Å². The molecule has 0 unspecified atom stereocenters. The number of benzene rings is 2. The molecule has 0 spiro atoms. The van der Waals surface area contributed by atoms with Gasteiger partial charge in [0.1, 0.15) is 5.75 Å². The molecule has 0 saturated carbocycles. The number of ether oxygens (including phenoxy) is 1. The third-order valence-corrected chi connectivity index (χ3v) is 3.23. The molecule has 8 heteroatoms. The zero-order valence-corrected chi connectivity index (χ0v) is 11.6. The number of hydrogen-bond acceptors (Lipinski definition) is 3. The number of rotatable bonds is 3. The molecule has 2 aromatic rings. The van der Waals surface area contributed by atoms with Crippen LogP contribution >= 0.6 is 11.6 Å². The summed E-state index contributed by atoms with van der Waals surface area (Å²) in [5, 5.41) is 9.75. The van der Waals surface area contributed by atoms with Crippen molar-refractivity contribution in [2.45, 2.75) is 12.4 Å². The van der Waals surface area contributed by atoms with Crippen LogP contribution in [0.2, 0.25) is 5.02 Å². The van der Waals surface area contributed by atoms with Gasteiger partial charge >= 0.3 is 6.36 Å². The van der Waals surface area contributed by atoms with E-state index in [9.17, 15) is 22.7 Å². The van der Waals surface area contributed by atoms with Gasteiger partial charge in [0.15, 0.2) is 11.6 Å². The van der Waals surface area contributed by atoms with Crippen LogP contribution in [-0.4, -0.2) is 11.5 Å². The van der Waals surface area contributed by atoms with Crippen LogP contribution in [0.4, 0.5) is 17.6 Å². The van der Waals surface area contributed by atoms with Gasteiger partial charge in [0, 0.05) is 10.6 Å². The van der Waals surface area contributed by atoms with Crippen LogP contribution in [0.1, 0.15) is 17.2 Å². The number of phenols is 1. The van der Waals surface area contributed by atoms with Crippen LogP contribution in [0, 0.1) is 5.82 Å². The molecular weight excluding hydrogens is 326 g/mol. The Bertz CT molecular complexity index is 674. The summed E-state index contributed by atoms with van der Waals surface area (Å²) in [6.07, 6.45) is -4.80. The molecule has 2 aromatic carbocycles. The lowest BCUT2D eigenvalue weighted by Gasteiger charge is -2.17. The number of nitrogens with two attached hydrogens (primary N) is 1. The van der Waals surface area contributed by atoms with E-state index in [4.69, 9.17) is 17.3 Å². The van der Waals surface area contributed by atoms with Crippen LogP contribution in [0.15, 0.2) is 36.4 Å². The van der Waals surface area contributed by atoms with E-state index in [2.05, 4.69) is 4.74 Å². The maximum atomic E-state index is 13.4. The highest BCUT2D eigenvalue weighted by atomic mass is 35.5. The molecule has 0 fully saturated rings. The molecule has 0 aliphatic rings. The fraction of sp³-hybridized carbons (Fsp3) is 0.143. The molecule has 0 amide bonds. The fourth-order valence-electron chi connectivity index (χ4n) is 1.90. The normalized spacial score (nSPS) is 13.0. The topological polar surface area (TPSA) is 55.5 Å². The van der Waals surface area contributed by atoms with Crippen molar-refractivity contribution in [2.75, 3.05) is 0 Å². The van der Waals surface area contributed by atoms with Gasteiger partial charge in [0.25, 0.3) is 0 Å². The number of alkyl halides is 3. The van der Waals surface area contributed by atoms with E-state index in [1.165, 1.54) is 18.2 Å². The minimum absolute atomic E-state index is 0.0435. The van der Waals surface area contributed by atoms with Crippen molar-refractivity contribution in [3.8, 4) is 11.5 Å². The smallest absolute Gasteiger partial charge is 0.505 e. The van der Waals surface area contributed by atoms with Crippen molar-refractivity contribution >= 4 is 11.6 Å². The van der Waals surface area contributed by atoms with E-state index >= 15 is 0 Å². The number of aromatic hydroxyl groups is 1. The predicted molar refractivity (Wildman–Crippen MR) is 72.2 cm³/mol. The molecule has 2 rings (SSSR count). The van der Waals surface area contributed by atoms with Gasteiger partial charge in [0.05, 0.1) is 6.04 Å². The lowest BCUT2D eigenvalue weighted by molar-refractivity contribution is -0.274. The van der Waals surface area contributed by atoms with Crippen LogP contribution in [0.3, 0.4) is 0 Å². The van der Waals surface area contributed by atoms with E-state index in [-0.39, 0.29) is 10.6 Å². The molecule has 22 heavy (non-hydrogen) atoms. The Morgan fingerprint density at radius 2 is 1.68 bits per heavy atom. The predicted octanol–water partition coefficient (Wildman–Crippen LogP) is 4.13. The Morgan fingerprint density at radius 1 is 1.09 bits per heavy atom. The van der Waals surface area contributed by atoms with Gasteiger partial charge in [-0.1, -0.05) is 23.7 Å². The number of hydrogen-bond donors (Lipinski definition) is 2. The Kier molecular flexibility index (Phi) is 4.48. The molecule has 0 bridgehead atoms. The van der Waals surface area contributed by atoms with Gasteiger partial charge in [0.2, 0.25) is 0 Å². The standard InChI is InChI=1S/C14H10ClF4NO2/c15-9-5-6-10(16)13(21)11(9)12(20)7-1-3-8(4-2-7)22-14(17,18)19/h1-6,12,21H,20H2/t12-/m1/s1. The van der Waals surface area contributed by atoms with Gasteiger partial charge in [-0.05, 0) is 29.8 Å². The average Bonchev–Trinajstić information content (AvgIpc) is 2.42. The molecule has 0 aliphatic heterocycles. The van der Waals surface area contributed by atoms with Crippen LogP contribution in [0.25, 0.3) is 0 Å². The molecular formula is C14H10ClF4NO2. The second-order valence-electron chi connectivity index (χ2n) is 4.39. The van der Waals surface area contributed by atoms with Crippen molar-refractivity contribution < 1.29 is 27.4 Å². The second kappa shape index (κ2) is 6.02. The minimum atomic E-state index is -4.80. The summed E-state index contributed by atoms with van der Waals surface area (Å²) in [7, 11) is 0. The highest BCUT2D eigenvalue weighted by Gasteiger charge is 2.31. The lowest BCUT2D eigenvalue weighted by atomic mass is 9.98. The Balaban J connectivity index is 2.31. The van der Waals surface area contributed by atoms with Gasteiger partial charge in [-0.2, -0.15) is 0 Å². The average molecular weight is 336 g/mol. The van der Waals surface area contributed by atoms with Crippen LogP contribution < -0.4 is 10.5 Å². The van der Waals surface area contributed by atoms with Crippen LogP contribution in [-0.2, 0) is 0 Å². The first-order valence-electron chi connectivity index (χ1n) is 5.97. The monoisotopic (exact) mass is 335 g/mol. The van der Waals surface area contributed by atoms with Gasteiger partial charge < -0.3 is 15.6 Å². The van der Waals surface area contributed by atoms with Gasteiger partial charge in [-0.3, -0.25) is 0 Å². The highest BCUT2D eigenvalue weighted by molar-refractivity contribution is 6.31. The summed E-state index contributed by atoms with van der Waals surface area (Å²) in [6, 6.07) is 5.86. The van der Waals surface area contributed by atoms with Crippen molar-refractivity contribution in [1.29, 1.82) is 0 Å². The molecule has 0 aliphatic carbocycles. The third kappa shape index (κ3) is 3.61. The molecule has 118 valence electrons. The van der Waals surface area contributed by atoms with Crippen molar-refractivity contribution in [1.82, 2.24) is 0 Å². The van der Waals surface area contributed by atoms with Gasteiger partial charge in [-0.25, -0.2) is 4.39 Å². The molecule has 3 N–H and O–H groups in total. The van der Waals surface area contributed by atoms with Crippen molar-refractivity contribution in [3.63, 3.8) is 0 Å². The summed E-state index contributed by atoms with van der Waals surface area (Å²) in [4.78, 5) is 0. The summed E-state index contributed by atoms with van der Waals surface area (Å²) >= 11 is 5.88. The number of phenolic OH excluding ortho intramolecular Hbond substituents is 1. The Labute approximate surface area is 127 Å². The maximum Gasteiger partial charge on any atom is 0.573 e. The summed E-state index contributed by atoms with van der Waals surface area (Å²) < 4.78 is 53.3. The molecule has 0 saturated heterocycles. The quantitative estimate of drug-likeness (QED) is 0.829. The Hall–Kier alpha value is -1.99. The maximum absolute atomic E-state index is 13.4. The second-order valence-corrected chi connectivity index (χ2v) is 4.79. The lowest BCUT2D eigenvalue weighted by Crippen LogP contribution is -2.17. The Morgan fingerprint density at radius 3 is 2.23 bits per heavy atom. The molecule has 1 atom stereocenters. The van der Waals surface area contributed by atoms with Gasteiger partial charge in [-0.15, -0.1) is 13.2 Å². The molecule has 0 radical (unpaired) electrons. The van der Waals surface area contributed by atoms with E-state index in [1.807, 2.05) is 0 Å². The molecule has 3 nitrogen and oxygen atoms in total. The van der Waals surface area contributed by atoms with E-state index in [0.29, 0.717) is 5.56 Å². The van der Waals surface area contributed by atoms with E-state index in [0.717, 1.165) is 18.2 Å². The molecule has 0 heterocycles. The first kappa shape index (κ1) is 16.4. The minimum Gasteiger partial charge on any atom is -0.505 e. The third-order valence-electron chi connectivity index (χ3n) is 2.90. The van der Waals surface area contributed by atoms with E-state index in [1.54, 1.807) is 0 Å². The van der Waals surface area contributed by atoms with E-state index < -0.39 is 29.7 Å². The zero-order valence-electron chi connectivity index (χ0n) is 10.9. The summed E-state index contributed by atoms with van der Waals surface area (Å²) in [6.45, 7) is 0. The largest absolute Gasteiger partial charge is 0.573 e. The zero-order chi connectivity index (χ0) is 16.5. The number of halogens is 5. The highest BCUT2D eigenvalue weighted by Crippen LogP contribution is 2.36. The molecule has 0 aromatic heterocycles. The summed E-state index contributed by atoms with van der Waals surface area (Å²) in [5.41, 5.74) is 6.17. The SMILES string of the molecule is N[C@H](c1ccc(OC(F)(F)F)cc1)c1c(Cl)ccc(F)c1O. The van der Waals surface area contributed by atoms with Crippen molar-refractivity contribution in [2.24, 2.45) is 5.73 Å².